The molecule has 8 heteroatoms. The number of benzene rings is 3. The van der Waals surface area contributed by atoms with Gasteiger partial charge in [0.25, 0.3) is 5.91 Å². The van der Waals surface area contributed by atoms with Gasteiger partial charge in [0.2, 0.25) is 5.89 Å². The van der Waals surface area contributed by atoms with Gasteiger partial charge in [0, 0.05) is 21.8 Å². The summed E-state index contributed by atoms with van der Waals surface area (Å²) in [7, 11) is 3.13. The van der Waals surface area contributed by atoms with E-state index in [0.717, 1.165) is 15.6 Å². The van der Waals surface area contributed by atoms with Crippen molar-refractivity contribution < 1.29 is 18.7 Å². The Bertz CT molecular complexity index is 1300. The topological polar surface area (TPSA) is 73.6 Å². The number of oxazole rings is 1. The zero-order chi connectivity index (χ0) is 22.1. The van der Waals surface area contributed by atoms with Crippen molar-refractivity contribution in [1.82, 2.24) is 4.98 Å². The number of fused-ring (bicyclic) bond motifs is 1. The van der Waals surface area contributed by atoms with E-state index in [2.05, 4.69) is 42.2 Å². The van der Waals surface area contributed by atoms with E-state index in [-0.39, 0.29) is 5.91 Å². The fourth-order valence-corrected chi connectivity index (χ4v) is 4.56. The van der Waals surface area contributed by atoms with Gasteiger partial charge in [-0.1, -0.05) is 22.0 Å². The van der Waals surface area contributed by atoms with Crippen molar-refractivity contribution in [2.75, 3.05) is 19.5 Å². The number of aryl methyl sites for hydroxylation is 1. The summed E-state index contributed by atoms with van der Waals surface area (Å²) in [5, 5.41) is 2.97. The lowest BCUT2D eigenvalue weighted by Gasteiger charge is -2.13. The summed E-state index contributed by atoms with van der Waals surface area (Å²) >= 11 is 6.85. The number of carbonyl (C=O) groups excluding carboxylic acids is 1. The summed E-state index contributed by atoms with van der Waals surface area (Å²) in [4.78, 5) is 17.6. The molecule has 0 saturated heterocycles. The first kappa shape index (κ1) is 21.4. The highest BCUT2D eigenvalue weighted by molar-refractivity contribution is 9.11. The summed E-state index contributed by atoms with van der Waals surface area (Å²) in [6.45, 7) is 1.92. The van der Waals surface area contributed by atoms with Crippen molar-refractivity contribution >= 4 is 54.6 Å². The van der Waals surface area contributed by atoms with Crippen LogP contribution in [0.2, 0.25) is 0 Å². The van der Waals surface area contributed by atoms with Crippen molar-refractivity contribution in [2.45, 2.75) is 6.92 Å². The molecular weight excluding hydrogens is 528 g/mol. The number of ether oxygens (including phenoxy) is 2. The molecule has 1 heterocycles. The summed E-state index contributed by atoms with van der Waals surface area (Å²) in [6, 6.07) is 14.7. The van der Waals surface area contributed by atoms with Gasteiger partial charge in [0.15, 0.2) is 5.58 Å². The quantitative estimate of drug-likeness (QED) is 0.306. The van der Waals surface area contributed by atoms with E-state index in [4.69, 9.17) is 13.9 Å². The van der Waals surface area contributed by atoms with Gasteiger partial charge in [-0.15, -0.1) is 0 Å². The number of rotatable bonds is 5. The molecule has 0 aliphatic heterocycles. The summed E-state index contributed by atoms with van der Waals surface area (Å²) < 4.78 is 18.0. The minimum atomic E-state index is -0.290. The second-order valence-electron chi connectivity index (χ2n) is 6.80. The van der Waals surface area contributed by atoms with Crippen LogP contribution in [0.15, 0.2) is 61.9 Å². The molecule has 158 valence electrons. The third-order valence-electron chi connectivity index (χ3n) is 4.78. The molecule has 1 aromatic heterocycles. The molecule has 0 unspecified atom stereocenters. The number of halogens is 2. The molecule has 0 bridgehead atoms. The predicted octanol–water partition coefficient (Wildman–Crippen LogP) is 6.60. The minimum Gasteiger partial charge on any atom is -0.497 e. The van der Waals surface area contributed by atoms with Gasteiger partial charge in [-0.3, -0.25) is 4.79 Å². The molecule has 0 saturated carbocycles. The van der Waals surface area contributed by atoms with E-state index in [9.17, 15) is 4.79 Å². The number of aromatic nitrogens is 1. The molecule has 1 N–H and O–H groups in total. The number of hydrogen-bond acceptors (Lipinski definition) is 5. The van der Waals surface area contributed by atoms with E-state index in [0.29, 0.717) is 44.2 Å². The maximum absolute atomic E-state index is 13.0. The van der Waals surface area contributed by atoms with Gasteiger partial charge in [0.05, 0.1) is 24.3 Å². The van der Waals surface area contributed by atoms with Gasteiger partial charge in [0.1, 0.15) is 17.0 Å². The Balaban J connectivity index is 1.68. The third kappa shape index (κ3) is 4.31. The van der Waals surface area contributed by atoms with E-state index < -0.39 is 0 Å². The molecule has 1 amide bonds. The Labute approximate surface area is 195 Å². The van der Waals surface area contributed by atoms with E-state index in [1.807, 2.05) is 49.4 Å². The van der Waals surface area contributed by atoms with E-state index in [1.54, 1.807) is 13.2 Å². The Morgan fingerprint density at radius 1 is 1.03 bits per heavy atom. The molecular formula is C23H18Br2N2O4. The van der Waals surface area contributed by atoms with Crippen LogP contribution in [0.4, 0.5) is 5.69 Å². The zero-order valence-corrected chi connectivity index (χ0v) is 20.1. The molecule has 0 atom stereocenters. The second-order valence-corrected chi connectivity index (χ2v) is 8.57. The number of anilines is 1. The van der Waals surface area contributed by atoms with Gasteiger partial charge in [-0.2, -0.15) is 0 Å². The zero-order valence-electron chi connectivity index (χ0n) is 17.0. The Morgan fingerprint density at radius 2 is 1.84 bits per heavy atom. The SMILES string of the molecule is COc1ccc2oc(-c3ccc(C)c(NC(=O)c4cc(Br)cc(Br)c4OC)c3)nc2c1. The van der Waals surface area contributed by atoms with Gasteiger partial charge in [-0.05, 0) is 64.8 Å². The van der Waals surface area contributed by atoms with Crippen LogP contribution in [-0.2, 0) is 0 Å². The standard InChI is InChI=1S/C23H18Br2N2O4/c1-12-4-5-13(23-27-19-11-15(29-2)6-7-20(19)31-23)8-18(12)26-22(28)16-9-14(24)10-17(25)21(16)30-3/h4-11H,1-3H3,(H,26,28). The Morgan fingerprint density at radius 3 is 2.58 bits per heavy atom. The molecule has 0 spiro atoms. The first-order valence-electron chi connectivity index (χ1n) is 9.29. The molecule has 4 rings (SSSR count). The van der Waals surface area contributed by atoms with Crippen LogP contribution < -0.4 is 14.8 Å². The lowest BCUT2D eigenvalue weighted by molar-refractivity contribution is 0.102. The summed E-state index contributed by atoms with van der Waals surface area (Å²) in [5.41, 5.74) is 4.07. The fraction of sp³-hybridized carbons (Fsp3) is 0.130. The van der Waals surface area contributed by atoms with Gasteiger partial charge in [-0.25, -0.2) is 4.98 Å². The maximum Gasteiger partial charge on any atom is 0.259 e. The van der Waals surface area contributed by atoms with E-state index in [1.165, 1.54) is 7.11 Å². The average molecular weight is 546 g/mol. The Kier molecular flexibility index (Phi) is 6.02. The van der Waals surface area contributed by atoms with Crippen molar-refractivity contribution in [3.8, 4) is 23.0 Å². The van der Waals surface area contributed by atoms with Crippen molar-refractivity contribution in [2.24, 2.45) is 0 Å². The fourth-order valence-electron chi connectivity index (χ4n) is 3.17. The normalized spacial score (nSPS) is 10.9. The highest BCUT2D eigenvalue weighted by Gasteiger charge is 2.18. The smallest absolute Gasteiger partial charge is 0.259 e. The van der Waals surface area contributed by atoms with Crippen molar-refractivity contribution in [3.63, 3.8) is 0 Å². The number of carbonyl (C=O) groups is 1. The first-order valence-corrected chi connectivity index (χ1v) is 10.9. The average Bonchev–Trinajstić information content (AvgIpc) is 3.18. The molecule has 0 aliphatic carbocycles. The van der Waals surface area contributed by atoms with Crippen LogP contribution in [0.3, 0.4) is 0 Å². The van der Waals surface area contributed by atoms with Gasteiger partial charge < -0.3 is 19.2 Å². The van der Waals surface area contributed by atoms with Crippen molar-refractivity contribution in [1.29, 1.82) is 0 Å². The van der Waals surface area contributed by atoms with Crippen LogP contribution >= 0.6 is 31.9 Å². The number of nitrogens with one attached hydrogen (secondary N) is 1. The van der Waals surface area contributed by atoms with Crippen LogP contribution in [0.1, 0.15) is 15.9 Å². The van der Waals surface area contributed by atoms with Crippen LogP contribution in [-0.4, -0.2) is 25.1 Å². The van der Waals surface area contributed by atoms with E-state index >= 15 is 0 Å². The minimum absolute atomic E-state index is 0.290. The third-order valence-corrected chi connectivity index (χ3v) is 5.83. The molecule has 0 aliphatic rings. The first-order chi connectivity index (χ1) is 14.9. The number of amides is 1. The molecule has 6 nitrogen and oxygen atoms in total. The highest BCUT2D eigenvalue weighted by atomic mass is 79.9. The monoisotopic (exact) mass is 544 g/mol. The molecule has 31 heavy (non-hydrogen) atoms. The van der Waals surface area contributed by atoms with Crippen LogP contribution in [0, 0.1) is 6.92 Å². The number of methoxy groups -OCH3 is 2. The second kappa shape index (κ2) is 8.72. The predicted molar refractivity (Wildman–Crippen MR) is 127 cm³/mol. The van der Waals surface area contributed by atoms with Gasteiger partial charge >= 0.3 is 0 Å². The van der Waals surface area contributed by atoms with Crippen molar-refractivity contribution in [3.05, 3.63) is 68.6 Å². The largest absolute Gasteiger partial charge is 0.497 e. The Hall–Kier alpha value is -2.84. The molecule has 0 fully saturated rings. The lowest BCUT2D eigenvalue weighted by atomic mass is 10.1. The molecule has 4 aromatic rings. The highest BCUT2D eigenvalue weighted by Crippen LogP contribution is 2.34. The number of nitrogens with zero attached hydrogens (tertiary/aromatic N) is 1. The summed E-state index contributed by atoms with van der Waals surface area (Å²) in [5.74, 6) is 1.34. The lowest BCUT2D eigenvalue weighted by Crippen LogP contribution is -2.14. The number of hydrogen-bond donors (Lipinski definition) is 1. The summed E-state index contributed by atoms with van der Waals surface area (Å²) in [6.07, 6.45) is 0. The van der Waals surface area contributed by atoms with Crippen LogP contribution in [0.25, 0.3) is 22.6 Å². The molecule has 3 aromatic carbocycles. The van der Waals surface area contributed by atoms with Crippen LogP contribution in [0.5, 0.6) is 11.5 Å². The maximum atomic E-state index is 13.0. The molecule has 0 radical (unpaired) electrons.